The first kappa shape index (κ1) is 21.7. The van der Waals surface area contributed by atoms with E-state index in [0.29, 0.717) is 23.3 Å². The van der Waals surface area contributed by atoms with Gasteiger partial charge in [0.1, 0.15) is 11.5 Å². The maximum absolute atomic E-state index is 13.9. The van der Waals surface area contributed by atoms with E-state index < -0.39 is 19.9 Å². The lowest BCUT2D eigenvalue weighted by atomic mass is 10.1. The molecule has 3 aromatic rings. The molecule has 1 fully saturated rings. The summed E-state index contributed by atoms with van der Waals surface area (Å²) in [4.78, 5) is 13.2. The minimum absolute atomic E-state index is 0.281. The highest BCUT2D eigenvalue weighted by molar-refractivity contribution is 7.49. The number of carbonyl (C=O) groups is 1. The maximum atomic E-state index is 13.9. The molecule has 156 valence electrons. The summed E-state index contributed by atoms with van der Waals surface area (Å²) >= 11 is 13.6. The number of hydrogen-bond donors (Lipinski definition) is 1. The standard InChI is InChI=1S/C21H17Cl2FNO3PS/c22-14-2-4-18(24)13(10-14)6-7-25-21(26)20(29-27-8-1-9-28-29)17-12-30-19-5-3-15(23)11-16(17)19/h2-7,10-12,20H,1,8-9H2,(H,25,26). The van der Waals surface area contributed by atoms with Crippen molar-refractivity contribution in [1.29, 1.82) is 0 Å². The molecular formula is C21H17Cl2FNO3PS. The topological polar surface area (TPSA) is 47.6 Å². The molecule has 4 rings (SSSR count). The van der Waals surface area contributed by atoms with Crippen LogP contribution in [-0.2, 0) is 13.8 Å². The Kier molecular flexibility index (Phi) is 7.04. The number of rotatable bonds is 5. The van der Waals surface area contributed by atoms with Crippen molar-refractivity contribution < 1.29 is 18.2 Å². The molecule has 2 heterocycles. The molecule has 30 heavy (non-hydrogen) atoms. The normalized spacial score (nSPS) is 16.2. The highest BCUT2D eigenvalue weighted by Gasteiger charge is 2.35. The van der Waals surface area contributed by atoms with E-state index in [0.717, 1.165) is 22.1 Å². The predicted octanol–water partition coefficient (Wildman–Crippen LogP) is 6.92. The number of benzene rings is 2. The minimum Gasteiger partial charge on any atom is -0.333 e. The SMILES string of the molecule is O=C(NC=Cc1cc(Cl)ccc1F)C(c1csc2ccc(Cl)cc12)P1OCCCO1. The van der Waals surface area contributed by atoms with Crippen molar-refractivity contribution in [3.8, 4) is 0 Å². The first-order valence-electron chi connectivity index (χ1n) is 9.16. The van der Waals surface area contributed by atoms with Crippen LogP contribution in [0.2, 0.25) is 10.0 Å². The quantitative estimate of drug-likeness (QED) is 0.400. The van der Waals surface area contributed by atoms with E-state index in [1.165, 1.54) is 41.8 Å². The fourth-order valence-corrected chi connectivity index (χ4v) is 6.19. The van der Waals surface area contributed by atoms with E-state index in [4.69, 9.17) is 32.2 Å². The lowest BCUT2D eigenvalue weighted by Crippen LogP contribution is -2.26. The Hall–Kier alpha value is -1.53. The van der Waals surface area contributed by atoms with Gasteiger partial charge < -0.3 is 14.4 Å². The van der Waals surface area contributed by atoms with Crippen LogP contribution in [0.5, 0.6) is 0 Å². The molecule has 1 unspecified atom stereocenters. The number of amides is 1. The molecule has 1 amide bonds. The van der Waals surface area contributed by atoms with Crippen molar-refractivity contribution in [2.45, 2.75) is 12.1 Å². The lowest BCUT2D eigenvalue weighted by molar-refractivity contribution is -0.120. The fraction of sp³-hybridized carbons (Fsp3) is 0.190. The summed E-state index contributed by atoms with van der Waals surface area (Å²) in [6, 6.07) is 9.83. The largest absolute Gasteiger partial charge is 0.333 e. The van der Waals surface area contributed by atoms with Crippen LogP contribution in [0.3, 0.4) is 0 Å². The zero-order valence-corrected chi connectivity index (χ0v) is 18.8. The van der Waals surface area contributed by atoms with E-state index in [-0.39, 0.29) is 11.5 Å². The summed E-state index contributed by atoms with van der Waals surface area (Å²) in [5.41, 5.74) is 0.453. The third kappa shape index (κ3) is 4.86. The molecule has 1 aromatic heterocycles. The average molecular weight is 484 g/mol. The van der Waals surface area contributed by atoms with Crippen LogP contribution in [-0.4, -0.2) is 19.1 Å². The third-order valence-electron chi connectivity index (χ3n) is 4.49. The second-order valence-electron chi connectivity index (χ2n) is 6.55. The van der Waals surface area contributed by atoms with Gasteiger partial charge in [-0.25, -0.2) is 4.39 Å². The molecule has 9 heteroatoms. The number of fused-ring (bicyclic) bond motifs is 1. The smallest absolute Gasteiger partial charge is 0.240 e. The van der Waals surface area contributed by atoms with Gasteiger partial charge in [-0.15, -0.1) is 11.3 Å². The number of halogens is 3. The van der Waals surface area contributed by atoms with Crippen molar-refractivity contribution >= 4 is 65.0 Å². The van der Waals surface area contributed by atoms with Crippen LogP contribution < -0.4 is 5.32 Å². The molecule has 0 spiro atoms. The summed E-state index contributed by atoms with van der Waals surface area (Å²) in [5, 5.41) is 6.59. The Morgan fingerprint density at radius 2 is 1.90 bits per heavy atom. The van der Waals surface area contributed by atoms with Crippen LogP contribution in [0.4, 0.5) is 4.39 Å². The van der Waals surface area contributed by atoms with E-state index in [9.17, 15) is 9.18 Å². The van der Waals surface area contributed by atoms with Gasteiger partial charge in [-0.05, 0) is 65.2 Å². The van der Waals surface area contributed by atoms with Crippen molar-refractivity contribution in [1.82, 2.24) is 5.32 Å². The number of nitrogens with one attached hydrogen (secondary N) is 1. The van der Waals surface area contributed by atoms with E-state index in [1.807, 2.05) is 23.6 Å². The second-order valence-corrected chi connectivity index (χ2v) is 9.93. The lowest BCUT2D eigenvalue weighted by Gasteiger charge is -2.28. The minimum atomic E-state index is -1.47. The first-order valence-corrected chi connectivity index (χ1v) is 12.0. The zero-order valence-electron chi connectivity index (χ0n) is 15.6. The van der Waals surface area contributed by atoms with Crippen LogP contribution in [0.1, 0.15) is 23.2 Å². The molecule has 1 aliphatic rings. The van der Waals surface area contributed by atoms with E-state index >= 15 is 0 Å². The van der Waals surface area contributed by atoms with Crippen LogP contribution in [0.15, 0.2) is 48.0 Å². The van der Waals surface area contributed by atoms with Gasteiger partial charge in [-0.3, -0.25) is 4.79 Å². The molecule has 1 aliphatic heterocycles. The van der Waals surface area contributed by atoms with Crippen LogP contribution >= 0.6 is 42.9 Å². The van der Waals surface area contributed by atoms with Gasteiger partial charge >= 0.3 is 0 Å². The summed E-state index contributed by atoms with van der Waals surface area (Å²) in [6.07, 6.45) is 3.66. The van der Waals surface area contributed by atoms with Crippen molar-refractivity contribution in [2.24, 2.45) is 0 Å². The van der Waals surface area contributed by atoms with Gasteiger partial charge in [0.25, 0.3) is 0 Å². The summed E-state index contributed by atoms with van der Waals surface area (Å²) in [6.45, 7) is 1.09. The third-order valence-corrected chi connectivity index (χ3v) is 7.75. The zero-order chi connectivity index (χ0) is 21.1. The molecular weight excluding hydrogens is 467 g/mol. The van der Waals surface area contributed by atoms with Crippen LogP contribution in [0.25, 0.3) is 16.2 Å². The van der Waals surface area contributed by atoms with E-state index in [2.05, 4.69) is 5.32 Å². The van der Waals surface area contributed by atoms with Gasteiger partial charge in [0.15, 0.2) is 8.38 Å². The summed E-state index contributed by atoms with van der Waals surface area (Å²) in [7, 11) is -1.47. The number of carbonyl (C=O) groups excluding carboxylic acids is 1. The Bertz CT molecular complexity index is 1100. The van der Waals surface area contributed by atoms with Gasteiger partial charge in [-0.2, -0.15) is 0 Å². The maximum Gasteiger partial charge on any atom is 0.240 e. The molecule has 0 radical (unpaired) electrons. The molecule has 0 saturated carbocycles. The Balaban J connectivity index is 1.62. The highest BCUT2D eigenvalue weighted by atomic mass is 35.5. The highest BCUT2D eigenvalue weighted by Crippen LogP contribution is 2.56. The average Bonchev–Trinajstić information content (AvgIpc) is 3.14. The van der Waals surface area contributed by atoms with Crippen LogP contribution in [0, 0.1) is 5.82 Å². The summed E-state index contributed by atoms with van der Waals surface area (Å²) in [5.74, 6) is -0.718. The molecule has 1 N–H and O–H groups in total. The molecule has 4 nitrogen and oxygen atoms in total. The van der Waals surface area contributed by atoms with Gasteiger partial charge in [0.2, 0.25) is 5.91 Å². The van der Waals surface area contributed by atoms with Gasteiger partial charge in [-0.1, -0.05) is 23.2 Å². The predicted molar refractivity (Wildman–Crippen MR) is 122 cm³/mol. The van der Waals surface area contributed by atoms with Crippen molar-refractivity contribution in [2.75, 3.05) is 13.2 Å². The summed E-state index contributed by atoms with van der Waals surface area (Å²) < 4.78 is 26.6. The Labute approximate surface area is 188 Å². The number of thiophene rings is 1. The van der Waals surface area contributed by atoms with Gasteiger partial charge in [0.05, 0.1) is 13.2 Å². The number of hydrogen-bond acceptors (Lipinski definition) is 4. The monoisotopic (exact) mass is 483 g/mol. The van der Waals surface area contributed by atoms with E-state index in [1.54, 1.807) is 0 Å². The van der Waals surface area contributed by atoms with Crippen molar-refractivity contribution in [3.05, 3.63) is 75.0 Å². The first-order chi connectivity index (χ1) is 14.5. The molecule has 0 bridgehead atoms. The molecule has 0 aliphatic carbocycles. The Morgan fingerprint density at radius 3 is 2.70 bits per heavy atom. The van der Waals surface area contributed by atoms with Gasteiger partial charge in [0, 0.05) is 26.5 Å². The second kappa shape index (κ2) is 9.73. The fourth-order valence-electron chi connectivity index (χ4n) is 3.07. The van der Waals surface area contributed by atoms with Crippen molar-refractivity contribution in [3.63, 3.8) is 0 Å². The molecule has 2 aromatic carbocycles. The molecule has 1 atom stereocenters. The molecule has 1 saturated heterocycles. The Morgan fingerprint density at radius 1 is 1.17 bits per heavy atom.